The normalized spacial score (nSPS) is 15.6. The lowest BCUT2D eigenvalue weighted by Gasteiger charge is -2.08. The highest BCUT2D eigenvalue weighted by atomic mass is 19.4. The van der Waals surface area contributed by atoms with E-state index in [9.17, 15) is 13.2 Å². The summed E-state index contributed by atoms with van der Waals surface area (Å²) >= 11 is 0. The lowest BCUT2D eigenvalue weighted by atomic mass is 10.1. The predicted octanol–water partition coefficient (Wildman–Crippen LogP) is 3.61. The third-order valence-corrected chi connectivity index (χ3v) is 3.30. The molecule has 2 nitrogen and oxygen atoms in total. The number of halogens is 3. The first kappa shape index (κ1) is 15.3. The topological polar surface area (TPSA) is 21.3 Å². The fourth-order valence-electron chi connectivity index (χ4n) is 1.88. The van der Waals surface area contributed by atoms with Crippen LogP contribution >= 0.6 is 0 Å². The van der Waals surface area contributed by atoms with Crippen molar-refractivity contribution in [3.05, 3.63) is 35.4 Å². The summed E-state index contributed by atoms with van der Waals surface area (Å²) in [5, 5.41) is 3.20. The molecule has 0 spiro atoms. The Morgan fingerprint density at radius 1 is 1.15 bits per heavy atom. The quantitative estimate of drug-likeness (QED) is 0.737. The maximum Gasteiger partial charge on any atom is 0.416 e. The van der Waals surface area contributed by atoms with Crippen LogP contribution in [0.3, 0.4) is 0 Å². The molecule has 0 radical (unpaired) electrons. The van der Waals surface area contributed by atoms with Gasteiger partial charge in [-0.05, 0) is 49.4 Å². The van der Waals surface area contributed by atoms with Gasteiger partial charge in [-0.25, -0.2) is 0 Å². The molecular weight excluding hydrogens is 267 g/mol. The van der Waals surface area contributed by atoms with Crippen LogP contribution in [0.25, 0.3) is 0 Å². The average molecular weight is 287 g/mol. The van der Waals surface area contributed by atoms with Gasteiger partial charge in [0.15, 0.2) is 0 Å². The fourth-order valence-corrected chi connectivity index (χ4v) is 1.88. The van der Waals surface area contributed by atoms with Crippen molar-refractivity contribution in [1.29, 1.82) is 0 Å². The Morgan fingerprint density at radius 3 is 2.45 bits per heavy atom. The molecule has 0 heterocycles. The van der Waals surface area contributed by atoms with Crippen molar-refractivity contribution in [2.45, 2.75) is 32.0 Å². The number of alkyl halides is 3. The summed E-state index contributed by atoms with van der Waals surface area (Å²) < 4.78 is 42.6. The van der Waals surface area contributed by atoms with E-state index in [1.807, 2.05) is 0 Å². The molecule has 1 aromatic rings. The van der Waals surface area contributed by atoms with Gasteiger partial charge in [0, 0.05) is 19.8 Å². The second kappa shape index (κ2) is 7.09. The first-order chi connectivity index (χ1) is 9.55. The lowest BCUT2D eigenvalue weighted by Crippen LogP contribution is -2.16. The van der Waals surface area contributed by atoms with Crippen LogP contribution in [0.1, 0.15) is 30.4 Å². The molecule has 1 aliphatic carbocycles. The molecule has 0 saturated heterocycles. The summed E-state index contributed by atoms with van der Waals surface area (Å²) in [7, 11) is 0. The minimum atomic E-state index is -4.26. The summed E-state index contributed by atoms with van der Waals surface area (Å²) in [6, 6.07) is 5.27. The fraction of sp³-hybridized carbons (Fsp3) is 0.600. The Labute approximate surface area is 117 Å². The van der Waals surface area contributed by atoms with Crippen LogP contribution in [-0.2, 0) is 17.5 Å². The zero-order chi connectivity index (χ0) is 14.4. The van der Waals surface area contributed by atoms with E-state index < -0.39 is 11.7 Å². The van der Waals surface area contributed by atoms with Gasteiger partial charge < -0.3 is 10.1 Å². The molecule has 1 aromatic carbocycles. The van der Waals surface area contributed by atoms with Crippen molar-refractivity contribution in [1.82, 2.24) is 5.32 Å². The molecule has 0 amide bonds. The van der Waals surface area contributed by atoms with Crippen LogP contribution in [0.2, 0.25) is 0 Å². The van der Waals surface area contributed by atoms with E-state index in [1.165, 1.54) is 25.0 Å². The van der Waals surface area contributed by atoms with Crippen molar-refractivity contribution in [3.8, 4) is 0 Å². The first-order valence-corrected chi connectivity index (χ1v) is 7.00. The Hall–Kier alpha value is -1.07. The smallest absolute Gasteiger partial charge is 0.381 e. The van der Waals surface area contributed by atoms with Gasteiger partial charge in [0.1, 0.15) is 0 Å². The van der Waals surface area contributed by atoms with Gasteiger partial charge in [-0.15, -0.1) is 0 Å². The molecule has 2 rings (SSSR count). The van der Waals surface area contributed by atoms with E-state index in [2.05, 4.69) is 5.32 Å². The molecular formula is C15H20F3NO. The predicted molar refractivity (Wildman–Crippen MR) is 71.3 cm³/mol. The van der Waals surface area contributed by atoms with E-state index in [0.29, 0.717) is 6.54 Å². The largest absolute Gasteiger partial charge is 0.416 e. The van der Waals surface area contributed by atoms with E-state index in [0.717, 1.165) is 49.8 Å². The van der Waals surface area contributed by atoms with Gasteiger partial charge in [-0.3, -0.25) is 0 Å². The van der Waals surface area contributed by atoms with Gasteiger partial charge in [0.05, 0.1) is 5.56 Å². The molecule has 1 fully saturated rings. The Bertz CT molecular complexity index is 399. The van der Waals surface area contributed by atoms with Crippen molar-refractivity contribution in [3.63, 3.8) is 0 Å². The number of ether oxygens (including phenoxy) is 1. The molecule has 1 N–H and O–H groups in total. The summed E-state index contributed by atoms with van der Waals surface area (Å²) in [6.07, 6.45) is -0.740. The zero-order valence-corrected chi connectivity index (χ0v) is 11.4. The number of hydrogen-bond donors (Lipinski definition) is 1. The number of rotatable bonds is 8. The van der Waals surface area contributed by atoms with Crippen LogP contribution < -0.4 is 5.32 Å². The van der Waals surface area contributed by atoms with Crippen LogP contribution in [0.4, 0.5) is 13.2 Å². The van der Waals surface area contributed by atoms with Crippen LogP contribution in [0, 0.1) is 5.92 Å². The summed E-state index contributed by atoms with van der Waals surface area (Å²) in [5.41, 5.74) is 0.256. The van der Waals surface area contributed by atoms with Crippen LogP contribution in [0.5, 0.6) is 0 Å². The average Bonchev–Trinajstić information content (AvgIpc) is 3.21. The maximum atomic E-state index is 12.4. The van der Waals surface area contributed by atoms with Crippen molar-refractivity contribution in [2.75, 3.05) is 19.8 Å². The van der Waals surface area contributed by atoms with Gasteiger partial charge >= 0.3 is 6.18 Å². The second-order valence-electron chi connectivity index (χ2n) is 5.24. The molecule has 0 aromatic heterocycles. The zero-order valence-electron chi connectivity index (χ0n) is 11.4. The molecule has 1 saturated carbocycles. The minimum Gasteiger partial charge on any atom is -0.381 e. The van der Waals surface area contributed by atoms with Gasteiger partial charge in [-0.2, -0.15) is 13.2 Å². The molecule has 20 heavy (non-hydrogen) atoms. The Morgan fingerprint density at radius 2 is 1.85 bits per heavy atom. The number of benzene rings is 1. The van der Waals surface area contributed by atoms with Crippen molar-refractivity contribution < 1.29 is 17.9 Å². The summed E-state index contributed by atoms with van der Waals surface area (Å²) in [5.74, 6) is 0.787. The first-order valence-electron chi connectivity index (χ1n) is 7.00. The monoisotopic (exact) mass is 287 g/mol. The summed E-state index contributed by atoms with van der Waals surface area (Å²) in [4.78, 5) is 0. The number of hydrogen-bond acceptors (Lipinski definition) is 2. The Balaban J connectivity index is 1.56. The lowest BCUT2D eigenvalue weighted by molar-refractivity contribution is -0.137. The highest BCUT2D eigenvalue weighted by Gasteiger charge is 2.29. The molecule has 0 bridgehead atoms. The van der Waals surface area contributed by atoms with Crippen molar-refractivity contribution >= 4 is 0 Å². The third-order valence-electron chi connectivity index (χ3n) is 3.30. The highest BCUT2D eigenvalue weighted by molar-refractivity contribution is 5.24. The van der Waals surface area contributed by atoms with Crippen molar-refractivity contribution in [2.24, 2.45) is 5.92 Å². The van der Waals surface area contributed by atoms with E-state index in [4.69, 9.17) is 4.74 Å². The van der Waals surface area contributed by atoms with E-state index in [-0.39, 0.29) is 0 Å². The van der Waals surface area contributed by atoms with E-state index in [1.54, 1.807) is 0 Å². The maximum absolute atomic E-state index is 12.4. The molecule has 0 unspecified atom stereocenters. The second-order valence-corrected chi connectivity index (χ2v) is 5.24. The van der Waals surface area contributed by atoms with Crippen LogP contribution in [-0.4, -0.2) is 19.8 Å². The van der Waals surface area contributed by atoms with Crippen LogP contribution in [0.15, 0.2) is 24.3 Å². The minimum absolute atomic E-state index is 0.584. The Kier molecular flexibility index (Phi) is 5.43. The van der Waals surface area contributed by atoms with Gasteiger partial charge in [0.25, 0.3) is 0 Å². The SMILES string of the molecule is FC(F)(F)c1ccc(CNCCCOCC2CC2)cc1. The molecule has 1 aliphatic rings. The number of nitrogens with one attached hydrogen (secondary N) is 1. The van der Waals surface area contributed by atoms with E-state index >= 15 is 0 Å². The standard InChI is InChI=1S/C15H20F3NO/c16-15(17,18)14-6-4-12(5-7-14)10-19-8-1-9-20-11-13-2-3-13/h4-7,13,19H,1-3,8-11H2. The summed E-state index contributed by atoms with van der Waals surface area (Å²) in [6.45, 7) is 3.02. The molecule has 112 valence electrons. The molecule has 0 atom stereocenters. The molecule has 5 heteroatoms. The van der Waals surface area contributed by atoms with Gasteiger partial charge in [0.2, 0.25) is 0 Å². The highest BCUT2D eigenvalue weighted by Crippen LogP contribution is 2.29. The van der Waals surface area contributed by atoms with Gasteiger partial charge in [-0.1, -0.05) is 12.1 Å². The third kappa shape index (κ3) is 5.51. The molecule has 0 aliphatic heterocycles.